The molecule has 0 unspecified atom stereocenters. The van der Waals surface area contributed by atoms with Crippen molar-refractivity contribution >= 4 is 34.0 Å². The van der Waals surface area contributed by atoms with Gasteiger partial charge in [-0.2, -0.15) is 24.9 Å². The molecule has 10 heteroatoms. The maximum Gasteiger partial charge on any atom is 0.389 e. The minimum absolute atomic E-state index is 0.0658. The summed E-state index contributed by atoms with van der Waals surface area (Å²) in [5.74, 6) is 2.44. The molecule has 0 aliphatic carbocycles. The van der Waals surface area contributed by atoms with E-state index in [1.165, 1.54) is 22.6 Å². The highest BCUT2D eigenvalue weighted by molar-refractivity contribution is 7.99. The summed E-state index contributed by atoms with van der Waals surface area (Å²) in [6.45, 7) is 1.84. The zero-order chi connectivity index (χ0) is 19.9. The molecule has 0 N–H and O–H groups in total. The Morgan fingerprint density at radius 1 is 1.33 bits per heavy atom. The molecular formula is C17H17F3N4OS2. The predicted octanol–water partition coefficient (Wildman–Crippen LogP) is 3.95. The minimum atomic E-state index is -4.18. The van der Waals surface area contributed by atoms with E-state index in [0.29, 0.717) is 21.5 Å². The number of alkyl halides is 3. The van der Waals surface area contributed by atoms with Crippen molar-refractivity contribution in [3.63, 3.8) is 0 Å². The van der Waals surface area contributed by atoms with Gasteiger partial charge >= 0.3 is 6.18 Å². The average molecular weight is 414 g/mol. The van der Waals surface area contributed by atoms with E-state index < -0.39 is 12.6 Å². The second-order valence-corrected chi connectivity index (χ2v) is 7.65. The summed E-state index contributed by atoms with van der Waals surface area (Å²) < 4.78 is 36.5. The third-order valence-electron chi connectivity index (χ3n) is 3.37. The molecule has 0 aromatic carbocycles. The van der Waals surface area contributed by atoms with Gasteiger partial charge in [0.05, 0.1) is 18.7 Å². The van der Waals surface area contributed by atoms with Crippen molar-refractivity contribution in [2.45, 2.75) is 25.9 Å². The van der Waals surface area contributed by atoms with Crippen molar-refractivity contribution in [3.05, 3.63) is 24.4 Å². The Morgan fingerprint density at radius 2 is 2.04 bits per heavy atom. The molecule has 1 amide bonds. The smallest absolute Gasteiger partial charge is 0.290 e. The monoisotopic (exact) mass is 414 g/mol. The molecule has 2 rings (SSSR count). The minimum Gasteiger partial charge on any atom is -0.290 e. The molecule has 0 spiro atoms. The number of hydrogen-bond acceptors (Lipinski definition) is 6. The topological polar surface area (TPSA) is 59.0 Å². The van der Waals surface area contributed by atoms with Gasteiger partial charge < -0.3 is 0 Å². The van der Waals surface area contributed by atoms with Crippen molar-refractivity contribution in [3.8, 4) is 22.9 Å². The van der Waals surface area contributed by atoms with Crippen LogP contribution >= 0.6 is 23.1 Å². The number of rotatable bonds is 8. The van der Waals surface area contributed by atoms with Crippen LogP contribution in [0.1, 0.15) is 18.5 Å². The summed E-state index contributed by atoms with van der Waals surface area (Å²) >= 11 is 2.40. The fourth-order valence-electron chi connectivity index (χ4n) is 2.12. The molecule has 0 aliphatic heterocycles. The molecule has 0 bridgehead atoms. The lowest BCUT2D eigenvalue weighted by molar-refractivity contribution is -0.129. The van der Waals surface area contributed by atoms with Gasteiger partial charge in [0, 0.05) is 35.9 Å². The maximum absolute atomic E-state index is 12.5. The van der Waals surface area contributed by atoms with Crippen molar-refractivity contribution in [1.29, 1.82) is 0 Å². The number of aryl methyl sites for hydroxylation is 1. The number of hydrogen-bond donors (Lipinski definition) is 0. The third-order valence-corrected chi connectivity index (χ3v) is 5.58. The van der Waals surface area contributed by atoms with E-state index in [-0.39, 0.29) is 24.6 Å². The first-order valence-electron chi connectivity index (χ1n) is 7.93. The number of terminal acetylenes is 1. The van der Waals surface area contributed by atoms with E-state index >= 15 is 0 Å². The van der Waals surface area contributed by atoms with Crippen molar-refractivity contribution in [1.82, 2.24) is 15.0 Å². The number of carbonyl (C=O) groups is 1. The molecule has 2 aromatic rings. The highest BCUT2D eigenvalue weighted by atomic mass is 32.2. The van der Waals surface area contributed by atoms with Gasteiger partial charge in [-0.25, -0.2) is 15.0 Å². The van der Waals surface area contributed by atoms with Crippen LogP contribution in [0.5, 0.6) is 0 Å². The van der Waals surface area contributed by atoms with Gasteiger partial charge in [0.2, 0.25) is 5.91 Å². The molecule has 0 fully saturated rings. The maximum atomic E-state index is 12.5. The summed E-state index contributed by atoms with van der Waals surface area (Å²) in [5, 5.41) is 1.29. The lowest BCUT2D eigenvalue weighted by Gasteiger charge is -2.19. The van der Waals surface area contributed by atoms with E-state index in [1.807, 2.05) is 0 Å². The molecule has 5 nitrogen and oxygen atoms in total. The lowest BCUT2D eigenvalue weighted by atomic mass is 10.3. The summed E-state index contributed by atoms with van der Waals surface area (Å²) in [7, 11) is 0. The second kappa shape index (κ2) is 9.71. The standard InChI is InChI=1S/C17H17F3N4OS2/c1-3-6-24(14(25)4-7-26-8-5-17(18,19)20)16-12(2)23-15(27-16)13-9-21-11-22-10-13/h1,9-11H,4-8H2,2H3. The van der Waals surface area contributed by atoms with Crippen molar-refractivity contribution in [2.75, 3.05) is 23.0 Å². The number of thioether (sulfide) groups is 1. The first-order valence-corrected chi connectivity index (χ1v) is 9.90. The summed E-state index contributed by atoms with van der Waals surface area (Å²) in [6, 6.07) is 0. The Labute approximate surface area is 163 Å². The third kappa shape index (κ3) is 6.52. The van der Waals surface area contributed by atoms with Crippen LogP contribution in [-0.2, 0) is 4.79 Å². The number of carbonyl (C=O) groups excluding carboxylic acids is 1. The van der Waals surface area contributed by atoms with Gasteiger partial charge in [-0.05, 0) is 6.92 Å². The van der Waals surface area contributed by atoms with Gasteiger partial charge in [-0.3, -0.25) is 9.69 Å². The molecule has 0 aliphatic rings. The number of aromatic nitrogens is 3. The summed E-state index contributed by atoms with van der Waals surface area (Å²) in [6.07, 6.45) is 5.11. The Kier molecular flexibility index (Phi) is 7.62. The molecule has 27 heavy (non-hydrogen) atoms. The largest absolute Gasteiger partial charge is 0.389 e. The number of amides is 1. The van der Waals surface area contributed by atoms with Crippen LogP contribution in [0.15, 0.2) is 18.7 Å². The van der Waals surface area contributed by atoms with Crippen molar-refractivity contribution < 1.29 is 18.0 Å². The second-order valence-electron chi connectivity index (χ2n) is 5.45. The van der Waals surface area contributed by atoms with E-state index in [2.05, 4.69) is 20.9 Å². The van der Waals surface area contributed by atoms with Crippen LogP contribution in [0.4, 0.5) is 18.2 Å². The van der Waals surface area contributed by atoms with Crippen LogP contribution in [0.3, 0.4) is 0 Å². The zero-order valence-electron chi connectivity index (χ0n) is 14.5. The van der Waals surface area contributed by atoms with Gasteiger partial charge in [0.25, 0.3) is 0 Å². The van der Waals surface area contributed by atoms with Gasteiger partial charge in [0.15, 0.2) is 0 Å². The Morgan fingerprint density at radius 3 is 2.67 bits per heavy atom. The fourth-order valence-corrected chi connectivity index (χ4v) is 4.08. The number of nitrogens with zero attached hydrogens (tertiary/aromatic N) is 4. The molecule has 0 atom stereocenters. The molecule has 0 radical (unpaired) electrons. The van der Waals surface area contributed by atoms with Crippen LogP contribution in [0, 0.1) is 19.3 Å². The SMILES string of the molecule is C#CCN(C(=O)CCSCCC(F)(F)F)c1sc(-c2cncnc2)nc1C. The fraction of sp³-hybridized carbons (Fsp3) is 0.412. The molecule has 2 heterocycles. The molecular weight excluding hydrogens is 397 g/mol. The average Bonchev–Trinajstić information content (AvgIpc) is 3.00. The normalized spacial score (nSPS) is 11.2. The summed E-state index contributed by atoms with van der Waals surface area (Å²) in [5.41, 5.74) is 1.37. The van der Waals surface area contributed by atoms with Crippen LogP contribution in [-0.4, -0.2) is 45.1 Å². The highest BCUT2D eigenvalue weighted by Crippen LogP contribution is 2.34. The quantitative estimate of drug-likeness (QED) is 0.484. The van der Waals surface area contributed by atoms with E-state index in [1.54, 1.807) is 19.3 Å². The predicted molar refractivity (Wildman–Crippen MR) is 102 cm³/mol. The Bertz CT molecular complexity index is 803. The van der Waals surface area contributed by atoms with E-state index in [9.17, 15) is 18.0 Å². The number of halogens is 3. The van der Waals surface area contributed by atoms with Gasteiger partial charge in [-0.1, -0.05) is 17.3 Å². The first-order chi connectivity index (χ1) is 12.8. The molecule has 144 valence electrons. The number of thiazole rings is 1. The molecule has 0 saturated heterocycles. The van der Waals surface area contributed by atoms with Crippen molar-refractivity contribution in [2.24, 2.45) is 0 Å². The Hall–Kier alpha value is -2.12. The van der Waals surface area contributed by atoms with Crippen LogP contribution in [0.25, 0.3) is 10.6 Å². The van der Waals surface area contributed by atoms with E-state index in [0.717, 1.165) is 17.3 Å². The molecule has 0 saturated carbocycles. The van der Waals surface area contributed by atoms with Crippen LogP contribution in [0.2, 0.25) is 0 Å². The van der Waals surface area contributed by atoms with Gasteiger partial charge in [0.1, 0.15) is 16.3 Å². The Balaban J connectivity index is 2.03. The van der Waals surface area contributed by atoms with E-state index in [4.69, 9.17) is 6.42 Å². The van der Waals surface area contributed by atoms with Crippen LogP contribution < -0.4 is 4.90 Å². The molecule has 2 aromatic heterocycles. The lowest BCUT2D eigenvalue weighted by Crippen LogP contribution is -2.31. The summed E-state index contributed by atoms with van der Waals surface area (Å²) in [4.78, 5) is 26.3. The zero-order valence-corrected chi connectivity index (χ0v) is 16.1. The van der Waals surface area contributed by atoms with Gasteiger partial charge in [-0.15, -0.1) is 6.42 Å². The first kappa shape index (κ1) is 21.2. The highest BCUT2D eigenvalue weighted by Gasteiger charge is 2.26. The number of anilines is 1.